The van der Waals surface area contributed by atoms with Crippen molar-refractivity contribution >= 4 is 34.2 Å². The van der Waals surface area contributed by atoms with Gasteiger partial charge >= 0.3 is 0 Å². The molecule has 2 heterocycles. The van der Waals surface area contributed by atoms with Crippen molar-refractivity contribution in [1.82, 2.24) is 14.7 Å². The quantitative estimate of drug-likeness (QED) is 0.623. The minimum Gasteiger partial charge on any atom is -0.390 e. The summed E-state index contributed by atoms with van der Waals surface area (Å²) in [7, 11) is 0. The number of hydrogen-bond donors (Lipinski definition) is 1. The second-order valence-corrected chi connectivity index (χ2v) is 9.26. The molecule has 176 valence electrons. The molecule has 0 radical (unpaired) electrons. The van der Waals surface area contributed by atoms with Gasteiger partial charge in [-0.1, -0.05) is 35.9 Å². The molecule has 1 N–H and O–H groups in total. The van der Waals surface area contributed by atoms with Crippen LogP contribution in [-0.2, 0) is 0 Å². The molecule has 0 aliphatic carbocycles. The molecule has 3 aromatic carbocycles. The van der Waals surface area contributed by atoms with Crippen LogP contribution in [0.3, 0.4) is 0 Å². The van der Waals surface area contributed by atoms with Gasteiger partial charge in [-0.2, -0.15) is 0 Å². The Balaban J connectivity index is 1.23. The van der Waals surface area contributed by atoms with E-state index in [0.29, 0.717) is 59.6 Å². The molecule has 0 bridgehead atoms. The smallest absolute Gasteiger partial charge is 0.254 e. The lowest BCUT2D eigenvalue weighted by Crippen LogP contribution is -2.55. The van der Waals surface area contributed by atoms with Crippen molar-refractivity contribution in [3.8, 4) is 0 Å². The molecule has 3 aromatic rings. The number of piperazine rings is 1. The molecule has 0 unspecified atom stereocenters. The molecule has 6 nitrogen and oxygen atoms in total. The van der Waals surface area contributed by atoms with E-state index in [-0.39, 0.29) is 30.2 Å². The summed E-state index contributed by atoms with van der Waals surface area (Å²) in [5.41, 5.74) is 1.03. The Morgan fingerprint density at radius 3 is 2.21 bits per heavy atom. The van der Waals surface area contributed by atoms with Gasteiger partial charge in [-0.25, -0.2) is 4.39 Å². The van der Waals surface area contributed by atoms with Crippen LogP contribution in [0.15, 0.2) is 60.7 Å². The van der Waals surface area contributed by atoms with Crippen molar-refractivity contribution < 1.29 is 19.1 Å². The number of aliphatic hydroxyl groups excluding tert-OH is 1. The SMILES string of the molecule is O=C(c1ccc(Cl)cc1)N1C[C@H](O)[C@@H](N2CCN(C(=O)c3ccc(F)c4ccccc34)CC2)C1. The summed E-state index contributed by atoms with van der Waals surface area (Å²) in [6, 6.07) is 16.4. The lowest BCUT2D eigenvalue weighted by Gasteiger charge is -2.38. The number of likely N-dealkylation sites (tertiary alicyclic amines) is 1. The first-order valence-corrected chi connectivity index (χ1v) is 11.7. The molecule has 8 heteroatoms. The van der Waals surface area contributed by atoms with Gasteiger partial charge in [-0.05, 0) is 41.8 Å². The maximum atomic E-state index is 14.2. The average molecular weight is 482 g/mol. The third kappa shape index (κ3) is 4.27. The minimum absolute atomic E-state index is 0.123. The number of aliphatic hydroxyl groups is 1. The van der Waals surface area contributed by atoms with Crippen molar-refractivity contribution in [2.24, 2.45) is 0 Å². The van der Waals surface area contributed by atoms with Crippen LogP contribution in [0.5, 0.6) is 0 Å². The highest BCUT2D eigenvalue weighted by atomic mass is 35.5. The van der Waals surface area contributed by atoms with Gasteiger partial charge in [-0.15, -0.1) is 0 Å². The zero-order valence-electron chi connectivity index (χ0n) is 18.5. The van der Waals surface area contributed by atoms with E-state index in [1.165, 1.54) is 6.07 Å². The van der Waals surface area contributed by atoms with Gasteiger partial charge in [-0.3, -0.25) is 14.5 Å². The van der Waals surface area contributed by atoms with E-state index in [4.69, 9.17) is 11.6 Å². The van der Waals surface area contributed by atoms with Gasteiger partial charge in [0.25, 0.3) is 11.8 Å². The number of carbonyl (C=O) groups is 2. The molecule has 0 aromatic heterocycles. The monoisotopic (exact) mass is 481 g/mol. The summed E-state index contributed by atoms with van der Waals surface area (Å²) < 4.78 is 14.2. The fourth-order valence-electron chi connectivity index (χ4n) is 4.94. The van der Waals surface area contributed by atoms with Crippen LogP contribution in [0.1, 0.15) is 20.7 Å². The molecule has 2 aliphatic heterocycles. The molecular formula is C26H25ClFN3O3. The number of benzene rings is 3. The van der Waals surface area contributed by atoms with Gasteiger partial charge in [0.05, 0.1) is 12.1 Å². The summed E-state index contributed by atoms with van der Waals surface area (Å²) >= 11 is 5.92. The maximum absolute atomic E-state index is 14.2. The van der Waals surface area contributed by atoms with E-state index in [2.05, 4.69) is 4.90 Å². The Labute approximate surface area is 202 Å². The second-order valence-electron chi connectivity index (χ2n) is 8.82. The maximum Gasteiger partial charge on any atom is 0.254 e. The van der Waals surface area contributed by atoms with Crippen LogP contribution in [0, 0.1) is 5.82 Å². The Morgan fingerprint density at radius 1 is 0.824 bits per heavy atom. The Morgan fingerprint density at radius 2 is 1.50 bits per heavy atom. The lowest BCUT2D eigenvalue weighted by atomic mass is 10.0. The van der Waals surface area contributed by atoms with Gasteiger partial charge in [0, 0.05) is 60.8 Å². The average Bonchev–Trinajstić information content (AvgIpc) is 3.26. The van der Waals surface area contributed by atoms with Crippen molar-refractivity contribution in [1.29, 1.82) is 0 Å². The molecule has 34 heavy (non-hydrogen) atoms. The van der Waals surface area contributed by atoms with E-state index >= 15 is 0 Å². The van der Waals surface area contributed by atoms with Gasteiger partial charge in [0.15, 0.2) is 0 Å². The van der Waals surface area contributed by atoms with Crippen LogP contribution in [-0.4, -0.2) is 83.0 Å². The fraction of sp³-hybridized carbons (Fsp3) is 0.308. The number of β-amino-alcohol motifs (C(OH)–C–C–N with tert-alkyl or cyclic N) is 1. The van der Waals surface area contributed by atoms with Gasteiger partial charge in [0.1, 0.15) is 5.82 Å². The molecule has 2 fully saturated rings. The van der Waals surface area contributed by atoms with Crippen LogP contribution >= 0.6 is 11.6 Å². The Kier molecular flexibility index (Phi) is 6.25. The predicted octanol–water partition coefficient (Wildman–Crippen LogP) is 3.28. The van der Waals surface area contributed by atoms with E-state index in [1.807, 2.05) is 0 Å². The topological polar surface area (TPSA) is 64.1 Å². The first kappa shape index (κ1) is 22.8. The summed E-state index contributed by atoms with van der Waals surface area (Å²) in [6.45, 7) is 2.88. The van der Waals surface area contributed by atoms with Gasteiger partial charge in [0.2, 0.25) is 0 Å². The number of amides is 2. The van der Waals surface area contributed by atoms with E-state index in [9.17, 15) is 19.1 Å². The number of hydrogen-bond acceptors (Lipinski definition) is 4. The number of halogens is 2. The highest BCUT2D eigenvalue weighted by Crippen LogP contribution is 2.25. The number of fused-ring (bicyclic) bond motifs is 1. The van der Waals surface area contributed by atoms with Crippen LogP contribution in [0.2, 0.25) is 5.02 Å². The molecule has 2 saturated heterocycles. The number of nitrogens with zero attached hydrogens (tertiary/aromatic N) is 3. The van der Waals surface area contributed by atoms with Crippen LogP contribution in [0.4, 0.5) is 4.39 Å². The standard InChI is InChI=1S/C26H25ClFN3O3/c27-18-7-5-17(6-8-18)25(33)31-15-23(24(32)16-31)29-11-13-30(14-12-29)26(34)21-9-10-22(28)20-4-2-1-3-19(20)21/h1-10,23-24,32H,11-16H2/t23-,24-/m0/s1. The summed E-state index contributed by atoms with van der Waals surface area (Å²) in [6.07, 6.45) is -0.653. The first-order chi connectivity index (χ1) is 16.4. The normalized spacial score (nSPS) is 21.3. The molecule has 0 saturated carbocycles. The molecule has 0 spiro atoms. The minimum atomic E-state index is -0.653. The van der Waals surface area contributed by atoms with E-state index in [0.717, 1.165) is 0 Å². The summed E-state index contributed by atoms with van der Waals surface area (Å²) in [5, 5.41) is 12.3. The van der Waals surface area contributed by atoms with Crippen molar-refractivity contribution in [2.45, 2.75) is 12.1 Å². The van der Waals surface area contributed by atoms with Crippen molar-refractivity contribution in [3.05, 3.63) is 82.6 Å². The lowest BCUT2D eigenvalue weighted by molar-refractivity contribution is 0.0377. The third-order valence-electron chi connectivity index (χ3n) is 6.81. The summed E-state index contributed by atoms with van der Waals surface area (Å²) in [4.78, 5) is 31.6. The van der Waals surface area contributed by atoms with Crippen molar-refractivity contribution in [3.63, 3.8) is 0 Å². The van der Waals surface area contributed by atoms with Crippen molar-refractivity contribution in [2.75, 3.05) is 39.3 Å². The summed E-state index contributed by atoms with van der Waals surface area (Å²) in [5.74, 6) is -0.595. The molecule has 2 atom stereocenters. The Bertz CT molecular complexity index is 1230. The van der Waals surface area contributed by atoms with E-state index in [1.54, 1.807) is 64.4 Å². The fourth-order valence-corrected chi connectivity index (χ4v) is 5.07. The van der Waals surface area contributed by atoms with Crippen LogP contribution < -0.4 is 0 Å². The third-order valence-corrected chi connectivity index (χ3v) is 7.06. The second kappa shape index (κ2) is 9.33. The molecule has 2 aliphatic rings. The number of rotatable bonds is 3. The Hall–Kier alpha value is -3.00. The molecule has 2 amide bonds. The zero-order chi connectivity index (χ0) is 23.8. The van der Waals surface area contributed by atoms with Gasteiger partial charge < -0.3 is 14.9 Å². The zero-order valence-corrected chi connectivity index (χ0v) is 19.3. The highest BCUT2D eigenvalue weighted by Gasteiger charge is 2.39. The first-order valence-electron chi connectivity index (χ1n) is 11.4. The molecule has 5 rings (SSSR count). The van der Waals surface area contributed by atoms with E-state index < -0.39 is 6.10 Å². The number of carbonyl (C=O) groups excluding carboxylic acids is 2. The predicted molar refractivity (Wildman–Crippen MR) is 129 cm³/mol. The molecular weight excluding hydrogens is 457 g/mol. The largest absolute Gasteiger partial charge is 0.390 e. The van der Waals surface area contributed by atoms with Crippen LogP contribution in [0.25, 0.3) is 10.8 Å². The highest BCUT2D eigenvalue weighted by molar-refractivity contribution is 6.30.